The van der Waals surface area contributed by atoms with Gasteiger partial charge in [-0.05, 0) is 31.0 Å². The third-order valence-electron chi connectivity index (χ3n) is 4.20. The first-order valence-electron chi connectivity index (χ1n) is 6.31. The lowest BCUT2D eigenvalue weighted by Gasteiger charge is -2.50. The van der Waals surface area contributed by atoms with Gasteiger partial charge in [-0.1, -0.05) is 28.8 Å². The molecule has 0 unspecified atom stereocenters. The van der Waals surface area contributed by atoms with E-state index in [1.54, 1.807) is 7.11 Å². The topological polar surface area (TPSA) is 12.5 Å². The molecular weight excluding hydrogens is 278 g/mol. The molecule has 2 fully saturated rings. The van der Waals surface area contributed by atoms with Crippen LogP contribution in [0.1, 0.15) is 25.7 Å². The average molecular weight is 296 g/mol. The number of ether oxygens (including phenoxy) is 1. The van der Waals surface area contributed by atoms with E-state index in [4.69, 9.17) is 4.74 Å². The summed E-state index contributed by atoms with van der Waals surface area (Å²) in [5.74, 6) is 0.987. The molecule has 2 nitrogen and oxygen atoms in total. The second-order valence-corrected chi connectivity index (χ2v) is 6.30. The molecule has 92 valence electrons. The van der Waals surface area contributed by atoms with Crippen LogP contribution in [-0.4, -0.2) is 20.2 Å². The Morgan fingerprint density at radius 3 is 2.59 bits per heavy atom. The first-order chi connectivity index (χ1) is 8.22. The summed E-state index contributed by atoms with van der Waals surface area (Å²) in [7, 11) is 1.75. The van der Waals surface area contributed by atoms with Gasteiger partial charge in [0.2, 0.25) is 0 Å². The van der Waals surface area contributed by atoms with Crippen molar-refractivity contribution in [2.24, 2.45) is 5.41 Å². The summed E-state index contributed by atoms with van der Waals surface area (Å²) in [6, 6.07) is 6.24. The Kier molecular flexibility index (Phi) is 2.81. The Hall–Kier alpha value is -0.700. The highest BCUT2D eigenvalue weighted by molar-refractivity contribution is 9.10. The first kappa shape index (κ1) is 11.4. The zero-order valence-corrected chi connectivity index (χ0v) is 11.8. The lowest BCUT2D eigenvalue weighted by Crippen LogP contribution is -2.55. The first-order valence-corrected chi connectivity index (χ1v) is 7.10. The maximum atomic E-state index is 5.45. The number of hydrogen-bond donors (Lipinski definition) is 0. The van der Waals surface area contributed by atoms with E-state index in [2.05, 4.69) is 26.9 Å². The molecule has 1 saturated carbocycles. The molecule has 1 aliphatic heterocycles. The highest BCUT2D eigenvalue weighted by Crippen LogP contribution is 2.48. The van der Waals surface area contributed by atoms with Gasteiger partial charge in [-0.25, -0.2) is 0 Å². The molecular formula is C14H18BrNO. The quantitative estimate of drug-likeness (QED) is 0.822. The average Bonchev–Trinajstić information content (AvgIpc) is 2.76. The van der Waals surface area contributed by atoms with Gasteiger partial charge in [0.05, 0.1) is 12.8 Å². The van der Waals surface area contributed by atoms with Gasteiger partial charge in [-0.2, -0.15) is 0 Å². The van der Waals surface area contributed by atoms with E-state index in [0.29, 0.717) is 5.41 Å². The van der Waals surface area contributed by atoms with Crippen LogP contribution in [0.5, 0.6) is 5.75 Å². The number of methoxy groups -OCH3 is 1. The van der Waals surface area contributed by atoms with Crippen LogP contribution in [0, 0.1) is 5.41 Å². The molecule has 2 aliphatic rings. The minimum absolute atomic E-state index is 0.632. The molecule has 0 radical (unpaired) electrons. The fourth-order valence-electron chi connectivity index (χ4n) is 3.29. The van der Waals surface area contributed by atoms with E-state index in [0.717, 1.165) is 10.2 Å². The lowest BCUT2D eigenvalue weighted by atomic mass is 9.78. The van der Waals surface area contributed by atoms with E-state index in [-0.39, 0.29) is 0 Å². The van der Waals surface area contributed by atoms with Gasteiger partial charge in [0.1, 0.15) is 5.75 Å². The van der Waals surface area contributed by atoms with Gasteiger partial charge in [-0.3, -0.25) is 0 Å². The molecule has 3 heteroatoms. The van der Waals surface area contributed by atoms with Gasteiger partial charge in [0.15, 0.2) is 0 Å². The Morgan fingerprint density at radius 1 is 1.24 bits per heavy atom. The molecule has 17 heavy (non-hydrogen) atoms. The monoisotopic (exact) mass is 295 g/mol. The summed E-state index contributed by atoms with van der Waals surface area (Å²) in [5.41, 5.74) is 1.87. The zero-order chi connectivity index (χ0) is 11.9. The van der Waals surface area contributed by atoms with Crippen molar-refractivity contribution in [1.29, 1.82) is 0 Å². The van der Waals surface area contributed by atoms with E-state index in [9.17, 15) is 0 Å². The molecule has 1 aromatic carbocycles. The summed E-state index contributed by atoms with van der Waals surface area (Å²) >= 11 is 3.54. The lowest BCUT2D eigenvalue weighted by molar-refractivity contribution is 0.220. The van der Waals surface area contributed by atoms with Crippen molar-refractivity contribution < 1.29 is 4.74 Å². The van der Waals surface area contributed by atoms with E-state index < -0.39 is 0 Å². The van der Waals surface area contributed by atoms with Crippen molar-refractivity contribution in [2.45, 2.75) is 25.7 Å². The third-order valence-corrected chi connectivity index (χ3v) is 4.69. The van der Waals surface area contributed by atoms with Gasteiger partial charge in [-0.15, -0.1) is 0 Å². The van der Waals surface area contributed by atoms with Crippen LogP contribution >= 0.6 is 15.9 Å². The fraction of sp³-hybridized carbons (Fsp3) is 0.571. The van der Waals surface area contributed by atoms with Crippen molar-refractivity contribution in [3.63, 3.8) is 0 Å². The van der Waals surface area contributed by atoms with Crippen molar-refractivity contribution in [2.75, 3.05) is 25.1 Å². The standard InChI is InChI=1S/C14H18BrNO/c1-17-13-5-4-11(15)8-12(13)16-9-14(10-16)6-2-3-7-14/h4-5,8H,2-3,6-7,9-10H2,1H3. The Bertz CT molecular complexity index is 418. The number of benzene rings is 1. The zero-order valence-electron chi connectivity index (χ0n) is 10.2. The Morgan fingerprint density at radius 2 is 1.94 bits per heavy atom. The number of hydrogen-bond acceptors (Lipinski definition) is 2. The van der Waals surface area contributed by atoms with Crippen LogP contribution < -0.4 is 9.64 Å². The van der Waals surface area contributed by atoms with Crippen LogP contribution in [-0.2, 0) is 0 Å². The Labute approximate surface area is 111 Å². The minimum Gasteiger partial charge on any atom is -0.495 e. The van der Waals surface area contributed by atoms with Crippen LogP contribution in [0.15, 0.2) is 22.7 Å². The molecule has 0 N–H and O–H groups in total. The maximum absolute atomic E-state index is 5.45. The molecule has 1 heterocycles. The van der Waals surface area contributed by atoms with Gasteiger partial charge >= 0.3 is 0 Å². The number of anilines is 1. The third kappa shape index (κ3) is 1.95. The molecule has 0 aromatic heterocycles. The van der Waals surface area contributed by atoms with Gasteiger partial charge in [0, 0.05) is 23.0 Å². The fourth-order valence-corrected chi connectivity index (χ4v) is 3.63. The molecule has 1 aromatic rings. The van der Waals surface area contributed by atoms with Crippen LogP contribution in [0.4, 0.5) is 5.69 Å². The molecule has 0 bridgehead atoms. The smallest absolute Gasteiger partial charge is 0.142 e. The number of halogens is 1. The number of nitrogens with zero attached hydrogens (tertiary/aromatic N) is 1. The molecule has 1 aliphatic carbocycles. The largest absolute Gasteiger partial charge is 0.495 e. The maximum Gasteiger partial charge on any atom is 0.142 e. The van der Waals surface area contributed by atoms with E-state index in [1.165, 1.54) is 44.5 Å². The van der Waals surface area contributed by atoms with Crippen LogP contribution in [0.2, 0.25) is 0 Å². The highest BCUT2D eigenvalue weighted by atomic mass is 79.9. The van der Waals surface area contributed by atoms with Gasteiger partial charge in [0.25, 0.3) is 0 Å². The molecule has 3 rings (SSSR count). The van der Waals surface area contributed by atoms with E-state index >= 15 is 0 Å². The SMILES string of the molecule is COc1ccc(Br)cc1N1CC2(CCCC2)C1. The summed E-state index contributed by atoms with van der Waals surface area (Å²) in [4.78, 5) is 2.45. The van der Waals surface area contributed by atoms with Crippen molar-refractivity contribution in [3.8, 4) is 5.75 Å². The second-order valence-electron chi connectivity index (χ2n) is 5.38. The van der Waals surface area contributed by atoms with Crippen molar-refractivity contribution in [3.05, 3.63) is 22.7 Å². The summed E-state index contributed by atoms with van der Waals surface area (Å²) in [6.07, 6.45) is 5.67. The predicted octanol–water partition coefficient (Wildman–Crippen LogP) is 3.84. The van der Waals surface area contributed by atoms with Crippen molar-refractivity contribution in [1.82, 2.24) is 0 Å². The summed E-state index contributed by atoms with van der Waals surface area (Å²) in [6.45, 7) is 2.42. The highest BCUT2D eigenvalue weighted by Gasteiger charge is 2.45. The normalized spacial score (nSPS) is 21.6. The van der Waals surface area contributed by atoms with Crippen LogP contribution in [0.25, 0.3) is 0 Å². The minimum atomic E-state index is 0.632. The molecule has 0 amide bonds. The Balaban J connectivity index is 1.79. The number of rotatable bonds is 2. The van der Waals surface area contributed by atoms with E-state index in [1.807, 2.05) is 12.1 Å². The van der Waals surface area contributed by atoms with Crippen LogP contribution in [0.3, 0.4) is 0 Å². The molecule has 1 spiro atoms. The second kappa shape index (κ2) is 4.20. The predicted molar refractivity (Wildman–Crippen MR) is 73.8 cm³/mol. The van der Waals surface area contributed by atoms with Gasteiger partial charge < -0.3 is 9.64 Å². The van der Waals surface area contributed by atoms with Crippen molar-refractivity contribution >= 4 is 21.6 Å². The molecule has 1 saturated heterocycles. The summed E-state index contributed by atoms with van der Waals surface area (Å²) < 4.78 is 6.57. The summed E-state index contributed by atoms with van der Waals surface area (Å²) in [5, 5.41) is 0. The molecule has 0 atom stereocenters.